The van der Waals surface area contributed by atoms with Crippen LogP contribution in [0.25, 0.3) is 0 Å². The van der Waals surface area contributed by atoms with Gasteiger partial charge in [0.05, 0.1) is 0 Å². The molecule has 1 amide bonds. The highest BCUT2D eigenvalue weighted by Gasteiger charge is 2.30. The highest BCUT2D eigenvalue weighted by atomic mass is 16.2. The van der Waals surface area contributed by atoms with Crippen molar-refractivity contribution in [3.63, 3.8) is 0 Å². The summed E-state index contributed by atoms with van der Waals surface area (Å²) in [5, 5.41) is 0. The molecule has 0 bridgehead atoms. The first kappa shape index (κ1) is 10.8. The molecule has 0 radical (unpaired) electrons. The number of rotatable bonds is 1. The summed E-state index contributed by atoms with van der Waals surface area (Å²) in [4.78, 5) is 13.7. The number of carbonyl (C=O) groups is 1. The Bertz CT molecular complexity index is 470. The number of terminal acetylenes is 1. The van der Waals surface area contributed by atoms with Gasteiger partial charge in [-0.2, -0.15) is 0 Å². The van der Waals surface area contributed by atoms with E-state index in [1.165, 1.54) is 5.56 Å². The van der Waals surface area contributed by atoms with Crippen molar-refractivity contribution >= 4 is 11.6 Å². The summed E-state index contributed by atoms with van der Waals surface area (Å²) in [5.74, 6) is 2.86. The monoisotopic (exact) mass is 213 g/mol. The van der Waals surface area contributed by atoms with E-state index in [1.807, 2.05) is 24.0 Å². The lowest BCUT2D eigenvalue weighted by atomic mass is 10.1. The zero-order valence-corrected chi connectivity index (χ0v) is 9.66. The second kappa shape index (κ2) is 4.02. The second-order valence-corrected chi connectivity index (χ2v) is 4.29. The topological polar surface area (TPSA) is 20.3 Å². The molecule has 0 aliphatic carbocycles. The smallest absolute Gasteiger partial charge is 0.228 e. The van der Waals surface area contributed by atoms with Gasteiger partial charge in [-0.15, -0.1) is 12.3 Å². The van der Waals surface area contributed by atoms with Crippen LogP contribution in [0.4, 0.5) is 5.69 Å². The summed E-state index contributed by atoms with van der Waals surface area (Å²) in [6.45, 7) is 4.75. The van der Waals surface area contributed by atoms with Crippen LogP contribution in [-0.2, 0) is 4.79 Å². The first-order valence-electron chi connectivity index (χ1n) is 5.46. The summed E-state index contributed by atoms with van der Waals surface area (Å²) in [6.07, 6.45) is 5.85. The van der Waals surface area contributed by atoms with Gasteiger partial charge in [-0.05, 0) is 31.0 Å². The van der Waals surface area contributed by atoms with Gasteiger partial charge in [0, 0.05) is 24.6 Å². The Balaban J connectivity index is 2.36. The van der Waals surface area contributed by atoms with Gasteiger partial charge < -0.3 is 4.90 Å². The van der Waals surface area contributed by atoms with E-state index in [2.05, 4.69) is 18.9 Å². The standard InChI is InChI=1S/C14H15NO/c1-4-12-8-14(16)15(9-12)13-7-5-6-10(2)11(13)3/h1,5-7,12H,8-9H2,2-3H3. The van der Waals surface area contributed by atoms with Crippen LogP contribution in [0.5, 0.6) is 0 Å². The Morgan fingerprint density at radius 3 is 2.81 bits per heavy atom. The third-order valence-corrected chi connectivity index (χ3v) is 3.23. The minimum Gasteiger partial charge on any atom is -0.311 e. The lowest BCUT2D eigenvalue weighted by molar-refractivity contribution is -0.117. The van der Waals surface area contributed by atoms with E-state index in [0.717, 1.165) is 11.3 Å². The average Bonchev–Trinajstić information content (AvgIpc) is 2.64. The van der Waals surface area contributed by atoms with Gasteiger partial charge in [0.1, 0.15) is 0 Å². The Labute approximate surface area is 96.3 Å². The number of anilines is 1. The summed E-state index contributed by atoms with van der Waals surface area (Å²) < 4.78 is 0. The summed E-state index contributed by atoms with van der Waals surface area (Å²) in [5.41, 5.74) is 3.37. The van der Waals surface area contributed by atoms with Crippen molar-refractivity contribution in [1.29, 1.82) is 0 Å². The lowest BCUT2D eigenvalue weighted by Gasteiger charge is -2.19. The van der Waals surface area contributed by atoms with Crippen LogP contribution in [-0.4, -0.2) is 12.5 Å². The van der Waals surface area contributed by atoms with Crippen molar-refractivity contribution in [2.75, 3.05) is 11.4 Å². The molecule has 2 heteroatoms. The Kier molecular flexibility index (Phi) is 2.70. The van der Waals surface area contributed by atoms with Crippen LogP contribution in [0.15, 0.2) is 18.2 Å². The normalized spacial score (nSPS) is 19.9. The van der Waals surface area contributed by atoms with Gasteiger partial charge in [0.15, 0.2) is 0 Å². The summed E-state index contributed by atoms with van der Waals surface area (Å²) in [7, 11) is 0. The number of aryl methyl sites for hydroxylation is 1. The van der Waals surface area contributed by atoms with E-state index in [4.69, 9.17) is 6.42 Å². The molecule has 1 aliphatic heterocycles. The maximum absolute atomic E-state index is 11.8. The average molecular weight is 213 g/mol. The summed E-state index contributed by atoms with van der Waals surface area (Å²) >= 11 is 0. The fourth-order valence-corrected chi connectivity index (χ4v) is 2.08. The van der Waals surface area contributed by atoms with E-state index >= 15 is 0 Å². The molecule has 1 unspecified atom stereocenters. The van der Waals surface area contributed by atoms with Gasteiger partial charge in [-0.1, -0.05) is 12.1 Å². The van der Waals surface area contributed by atoms with E-state index in [-0.39, 0.29) is 11.8 Å². The predicted molar refractivity (Wildman–Crippen MR) is 65.2 cm³/mol. The largest absolute Gasteiger partial charge is 0.311 e. The molecule has 2 nitrogen and oxygen atoms in total. The first-order valence-corrected chi connectivity index (χ1v) is 5.46. The molecule has 1 atom stereocenters. The molecule has 2 rings (SSSR count). The zero-order chi connectivity index (χ0) is 11.7. The van der Waals surface area contributed by atoms with Crippen molar-refractivity contribution < 1.29 is 4.79 Å². The lowest BCUT2D eigenvalue weighted by Crippen LogP contribution is -2.25. The number of carbonyl (C=O) groups excluding carboxylic acids is 1. The molecule has 1 aromatic carbocycles. The molecule has 1 saturated heterocycles. The summed E-state index contributed by atoms with van der Waals surface area (Å²) in [6, 6.07) is 6.02. The minimum absolute atomic E-state index is 0.0624. The number of hydrogen-bond donors (Lipinski definition) is 0. The van der Waals surface area contributed by atoms with Gasteiger partial charge in [0.2, 0.25) is 5.91 Å². The van der Waals surface area contributed by atoms with Crippen LogP contribution < -0.4 is 4.90 Å². The maximum Gasteiger partial charge on any atom is 0.228 e. The zero-order valence-electron chi connectivity index (χ0n) is 9.66. The SMILES string of the molecule is C#CC1CC(=O)N(c2cccc(C)c2C)C1. The van der Waals surface area contributed by atoms with Gasteiger partial charge in [-0.25, -0.2) is 0 Å². The van der Waals surface area contributed by atoms with E-state index in [9.17, 15) is 4.79 Å². The molecule has 1 heterocycles. The Morgan fingerprint density at radius 1 is 1.44 bits per heavy atom. The van der Waals surface area contributed by atoms with Crippen molar-refractivity contribution in [2.24, 2.45) is 5.92 Å². The highest BCUT2D eigenvalue weighted by Crippen LogP contribution is 2.28. The Morgan fingerprint density at radius 2 is 2.19 bits per heavy atom. The van der Waals surface area contributed by atoms with Crippen molar-refractivity contribution in [2.45, 2.75) is 20.3 Å². The fraction of sp³-hybridized carbons (Fsp3) is 0.357. The van der Waals surface area contributed by atoms with Gasteiger partial charge in [-0.3, -0.25) is 4.79 Å². The van der Waals surface area contributed by atoms with Crippen LogP contribution in [0, 0.1) is 32.1 Å². The number of hydrogen-bond acceptors (Lipinski definition) is 1. The fourth-order valence-electron chi connectivity index (χ4n) is 2.08. The molecule has 1 aliphatic rings. The molecule has 1 fully saturated rings. The molecule has 0 saturated carbocycles. The molecule has 16 heavy (non-hydrogen) atoms. The number of nitrogens with zero attached hydrogens (tertiary/aromatic N) is 1. The Hall–Kier alpha value is -1.75. The molecular weight excluding hydrogens is 198 g/mol. The highest BCUT2D eigenvalue weighted by molar-refractivity contribution is 5.96. The van der Waals surface area contributed by atoms with Crippen LogP contribution in [0.2, 0.25) is 0 Å². The molecule has 1 aromatic rings. The first-order chi connectivity index (χ1) is 7.63. The number of benzene rings is 1. The molecule has 82 valence electrons. The molecule has 0 aromatic heterocycles. The van der Waals surface area contributed by atoms with Crippen molar-refractivity contribution in [3.8, 4) is 12.3 Å². The predicted octanol–water partition coefficient (Wildman–Crippen LogP) is 2.29. The second-order valence-electron chi connectivity index (χ2n) is 4.29. The van der Waals surface area contributed by atoms with E-state index in [0.29, 0.717) is 13.0 Å². The number of amides is 1. The van der Waals surface area contributed by atoms with Crippen molar-refractivity contribution in [1.82, 2.24) is 0 Å². The van der Waals surface area contributed by atoms with E-state index < -0.39 is 0 Å². The van der Waals surface area contributed by atoms with Gasteiger partial charge in [0.25, 0.3) is 0 Å². The van der Waals surface area contributed by atoms with Crippen LogP contribution in [0.3, 0.4) is 0 Å². The molecule has 0 N–H and O–H groups in total. The molecular formula is C14H15NO. The van der Waals surface area contributed by atoms with E-state index in [1.54, 1.807) is 0 Å². The minimum atomic E-state index is 0.0624. The van der Waals surface area contributed by atoms with Crippen LogP contribution in [0.1, 0.15) is 17.5 Å². The third kappa shape index (κ3) is 1.69. The molecule has 0 spiro atoms. The third-order valence-electron chi connectivity index (χ3n) is 3.23. The van der Waals surface area contributed by atoms with Crippen molar-refractivity contribution in [3.05, 3.63) is 29.3 Å². The van der Waals surface area contributed by atoms with Gasteiger partial charge >= 0.3 is 0 Å². The van der Waals surface area contributed by atoms with Crippen LogP contribution >= 0.6 is 0 Å². The quantitative estimate of drug-likeness (QED) is 0.655. The maximum atomic E-state index is 11.8.